The Hall–Kier alpha value is -0.780. The highest BCUT2D eigenvalue weighted by molar-refractivity contribution is 7.20. The summed E-state index contributed by atoms with van der Waals surface area (Å²) in [6.07, 6.45) is 4.45. The number of thiazole rings is 2. The number of fused-ring (bicyclic) bond motifs is 1. The number of aliphatic hydroxyl groups is 1. The van der Waals surface area contributed by atoms with E-state index in [0.717, 1.165) is 39.7 Å². The van der Waals surface area contributed by atoms with Crippen LogP contribution in [0.1, 0.15) is 29.5 Å². The second-order valence-electron chi connectivity index (χ2n) is 3.60. The SMILES string of the molecule is OC1CCCc2nc(-c3cncs3)sc21. The number of aryl methyl sites for hydroxylation is 1. The number of aromatic nitrogens is 2. The van der Waals surface area contributed by atoms with Crippen molar-refractivity contribution in [2.45, 2.75) is 25.4 Å². The largest absolute Gasteiger partial charge is 0.388 e. The normalized spacial score (nSPS) is 20.2. The Balaban J connectivity index is 2.06. The minimum atomic E-state index is -0.298. The lowest BCUT2D eigenvalue weighted by atomic mass is 10.0. The molecule has 0 saturated carbocycles. The van der Waals surface area contributed by atoms with Gasteiger partial charge in [0.05, 0.1) is 27.1 Å². The lowest BCUT2D eigenvalue weighted by Crippen LogP contribution is -2.06. The number of hydrogen-bond donors (Lipinski definition) is 1. The number of hydrogen-bond acceptors (Lipinski definition) is 5. The Labute approximate surface area is 95.5 Å². The predicted octanol–water partition coefficient (Wildman–Crippen LogP) is 2.64. The van der Waals surface area contributed by atoms with Gasteiger partial charge >= 0.3 is 0 Å². The van der Waals surface area contributed by atoms with E-state index in [-0.39, 0.29) is 6.10 Å². The van der Waals surface area contributed by atoms with Gasteiger partial charge in [-0.2, -0.15) is 0 Å². The van der Waals surface area contributed by atoms with Crippen LogP contribution < -0.4 is 0 Å². The molecule has 0 spiro atoms. The van der Waals surface area contributed by atoms with Crippen LogP contribution in [0.15, 0.2) is 11.7 Å². The third-order valence-electron chi connectivity index (χ3n) is 2.56. The zero-order valence-electron chi connectivity index (χ0n) is 8.01. The Kier molecular flexibility index (Phi) is 2.31. The topological polar surface area (TPSA) is 46.0 Å². The van der Waals surface area contributed by atoms with E-state index in [0.29, 0.717) is 0 Å². The van der Waals surface area contributed by atoms with E-state index in [1.165, 1.54) is 0 Å². The first-order valence-corrected chi connectivity index (χ1v) is 6.61. The van der Waals surface area contributed by atoms with E-state index in [4.69, 9.17) is 0 Å². The summed E-state index contributed by atoms with van der Waals surface area (Å²) in [5.74, 6) is 0. The fourth-order valence-electron chi connectivity index (χ4n) is 1.82. The van der Waals surface area contributed by atoms with E-state index in [1.807, 2.05) is 11.7 Å². The monoisotopic (exact) mass is 238 g/mol. The third kappa shape index (κ3) is 1.60. The first kappa shape index (κ1) is 9.45. The maximum absolute atomic E-state index is 9.83. The van der Waals surface area contributed by atoms with E-state index in [2.05, 4.69) is 9.97 Å². The Morgan fingerprint density at radius 3 is 3.13 bits per heavy atom. The Morgan fingerprint density at radius 2 is 2.40 bits per heavy atom. The highest BCUT2D eigenvalue weighted by atomic mass is 32.1. The van der Waals surface area contributed by atoms with Crippen molar-refractivity contribution in [3.63, 3.8) is 0 Å². The smallest absolute Gasteiger partial charge is 0.135 e. The van der Waals surface area contributed by atoms with Gasteiger partial charge in [0.15, 0.2) is 0 Å². The molecule has 0 fully saturated rings. The van der Waals surface area contributed by atoms with Crippen LogP contribution in [-0.2, 0) is 6.42 Å². The molecular formula is C10H10N2OS2. The predicted molar refractivity (Wildman–Crippen MR) is 61.1 cm³/mol. The maximum Gasteiger partial charge on any atom is 0.135 e. The van der Waals surface area contributed by atoms with Crippen LogP contribution in [-0.4, -0.2) is 15.1 Å². The summed E-state index contributed by atoms with van der Waals surface area (Å²) in [7, 11) is 0. The molecule has 15 heavy (non-hydrogen) atoms. The average Bonchev–Trinajstić information content (AvgIpc) is 2.86. The summed E-state index contributed by atoms with van der Waals surface area (Å²) in [5, 5.41) is 10.8. The molecule has 2 aromatic heterocycles. The molecule has 3 nitrogen and oxygen atoms in total. The van der Waals surface area contributed by atoms with Gasteiger partial charge in [-0.25, -0.2) is 4.98 Å². The summed E-state index contributed by atoms with van der Waals surface area (Å²) >= 11 is 3.21. The third-order valence-corrected chi connectivity index (χ3v) is 4.71. The molecule has 1 unspecified atom stereocenters. The highest BCUT2D eigenvalue weighted by Gasteiger charge is 2.23. The average molecular weight is 238 g/mol. The number of rotatable bonds is 1. The number of nitrogens with zero attached hydrogens (tertiary/aromatic N) is 2. The molecule has 1 aliphatic carbocycles. The molecule has 0 radical (unpaired) electrons. The quantitative estimate of drug-likeness (QED) is 0.830. The van der Waals surface area contributed by atoms with E-state index >= 15 is 0 Å². The molecule has 1 aliphatic rings. The molecule has 78 valence electrons. The van der Waals surface area contributed by atoms with Gasteiger partial charge in [-0.1, -0.05) is 0 Å². The van der Waals surface area contributed by atoms with Crippen molar-refractivity contribution in [3.8, 4) is 9.88 Å². The Bertz CT molecular complexity index is 464. The van der Waals surface area contributed by atoms with Crippen molar-refractivity contribution >= 4 is 22.7 Å². The standard InChI is InChI=1S/C10H10N2OS2/c13-7-3-1-2-6-9(7)15-10(12-6)8-4-11-5-14-8/h4-5,7,13H,1-3H2. The van der Waals surface area contributed by atoms with Crippen molar-refractivity contribution < 1.29 is 5.11 Å². The minimum Gasteiger partial charge on any atom is -0.388 e. The molecular weight excluding hydrogens is 228 g/mol. The lowest BCUT2D eigenvalue weighted by molar-refractivity contribution is 0.160. The van der Waals surface area contributed by atoms with Crippen LogP contribution in [0.2, 0.25) is 0 Å². The van der Waals surface area contributed by atoms with Crippen LogP contribution in [0.3, 0.4) is 0 Å². The van der Waals surface area contributed by atoms with Crippen molar-refractivity contribution in [3.05, 3.63) is 22.3 Å². The van der Waals surface area contributed by atoms with Gasteiger partial charge in [0.1, 0.15) is 5.01 Å². The summed E-state index contributed by atoms with van der Waals surface area (Å²) in [4.78, 5) is 10.8. The Morgan fingerprint density at radius 1 is 1.47 bits per heavy atom. The molecule has 0 aromatic carbocycles. The summed E-state index contributed by atoms with van der Waals surface area (Å²) in [6.45, 7) is 0. The van der Waals surface area contributed by atoms with Crippen molar-refractivity contribution in [2.75, 3.05) is 0 Å². The van der Waals surface area contributed by atoms with Crippen molar-refractivity contribution in [1.82, 2.24) is 9.97 Å². The lowest BCUT2D eigenvalue weighted by Gasteiger charge is -2.14. The van der Waals surface area contributed by atoms with Crippen LogP contribution in [0.5, 0.6) is 0 Å². The van der Waals surface area contributed by atoms with Crippen molar-refractivity contribution in [1.29, 1.82) is 0 Å². The van der Waals surface area contributed by atoms with Gasteiger partial charge in [0.25, 0.3) is 0 Å². The van der Waals surface area contributed by atoms with Crippen molar-refractivity contribution in [2.24, 2.45) is 0 Å². The van der Waals surface area contributed by atoms with E-state index < -0.39 is 0 Å². The molecule has 5 heteroatoms. The second-order valence-corrected chi connectivity index (χ2v) is 5.52. The molecule has 0 aliphatic heterocycles. The van der Waals surface area contributed by atoms with Gasteiger partial charge in [-0.3, -0.25) is 4.98 Å². The summed E-state index contributed by atoms with van der Waals surface area (Å²) in [6, 6.07) is 0. The van der Waals surface area contributed by atoms with Crippen LogP contribution in [0.25, 0.3) is 9.88 Å². The van der Waals surface area contributed by atoms with Crippen LogP contribution in [0.4, 0.5) is 0 Å². The first-order valence-electron chi connectivity index (χ1n) is 4.91. The van der Waals surface area contributed by atoms with E-state index in [9.17, 15) is 5.11 Å². The molecule has 2 aromatic rings. The van der Waals surface area contributed by atoms with E-state index in [1.54, 1.807) is 22.7 Å². The van der Waals surface area contributed by atoms with Gasteiger partial charge < -0.3 is 5.11 Å². The molecule has 1 N–H and O–H groups in total. The van der Waals surface area contributed by atoms with Gasteiger partial charge in [-0.15, -0.1) is 22.7 Å². The van der Waals surface area contributed by atoms with Crippen LogP contribution in [0, 0.1) is 0 Å². The molecule has 0 amide bonds. The zero-order valence-corrected chi connectivity index (χ0v) is 9.64. The van der Waals surface area contributed by atoms with Gasteiger partial charge in [0.2, 0.25) is 0 Å². The zero-order chi connectivity index (χ0) is 10.3. The minimum absolute atomic E-state index is 0.298. The molecule has 1 atom stereocenters. The van der Waals surface area contributed by atoms with Gasteiger partial charge in [0, 0.05) is 6.20 Å². The molecule has 2 heterocycles. The molecule has 0 saturated heterocycles. The highest BCUT2D eigenvalue weighted by Crippen LogP contribution is 2.38. The first-order chi connectivity index (χ1) is 7.34. The summed E-state index contributed by atoms with van der Waals surface area (Å²) in [5.41, 5.74) is 2.90. The molecule has 3 rings (SSSR count). The number of aliphatic hydroxyl groups excluding tert-OH is 1. The van der Waals surface area contributed by atoms with Gasteiger partial charge in [-0.05, 0) is 19.3 Å². The van der Waals surface area contributed by atoms with Crippen LogP contribution >= 0.6 is 22.7 Å². The fourth-order valence-corrected chi connectivity index (χ4v) is 3.63. The second kappa shape index (κ2) is 3.66. The summed E-state index contributed by atoms with van der Waals surface area (Å²) < 4.78 is 0. The molecule has 0 bridgehead atoms. The maximum atomic E-state index is 9.83. The fraction of sp³-hybridized carbons (Fsp3) is 0.400.